The molecule has 2 aliphatic rings. The van der Waals surface area contributed by atoms with Crippen LogP contribution in [0.3, 0.4) is 0 Å². The summed E-state index contributed by atoms with van der Waals surface area (Å²) in [6.45, 7) is 5.07. The first kappa shape index (κ1) is 17.0. The van der Waals surface area contributed by atoms with Gasteiger partial charge in [-0.05, 0) is 67.1 Å². The molecule has 0 saturated carbocycles. The minimum atomic E-state index is 0.0388. The first-order chi connectivity index (χ1) is 12.3. The number of carbonyl (C=O) groups is 1. The summed E-state index contributed by atoms with van der Waals surface area (Å²) in [5, 5.41) is 10.2. The van der Waals surface area contributed by atoms with Gasteiger partial charge in [-0.25, -0.2) is 0 Å². The predicted octanol–water partition coefficient (Wildman–Crippen LogP) is 2.98. The summed E-state index contributed by atoms with van der Waals surface area (Å²) >= 11 is 1.84. The van der Waals surface area contributed by atoms with E-state index in [1.165, 1.54) is 35.0 Å². The molecule has 25 heavy (non-hydrogen) atoms. The Balaban J connectivity index is 1.31. The lowest BCUT2D eigenvalue weighted by Crippen LogP contribution is -2.45. The molecule has 134 valence electrons. The molecule has 2 saturated heterocycles. The molecule has 1 aromatic carbocycles. The number of nitrogens with one attached hydrogen (secondary N) is 2. The van der Waals surface area contributed by atoms with Gasteiger partial charge in [0.05, 0.1) is 6.04 Å². The number of likely N-dealkylation sites (tertiary alicyclic amines) is 1. The van der Waals surface area contributed by atoms with Crippen LogP contribution in [0.5, 0.6) is 0 Å². The maximum absolute atomic E-state index is 12.2. The maximum Gasteiger partial charge on any atom is 0.237 e. The molecule has 2 aromatic rings. The Kier molecular flexibility index (Phi) is 5.34. The Morgan fingerprint density at radius 1 is 1.28 bits per heavy atom. The standard InChI is InChI=1S/C20H27N3OS/c24-20(18-7-3-9-21-18)22-11-15-5-4-10-23(12-15)13-16-14-25-19-8-2-1-6-17(16)19/h1-2,6,8,14-15,18,21H,3-5,7,9-13H2,(H,22,24). The van der Waals surface area contributed by atoms with E-state index in [1.54, 1.807) is 0 Å². The van der Waals surface area contributed by atoms with Crippen LogP contribution in [0.25, 0.3) is 10.1 Å². The third-order valence-electron chi connectivity index (χ3n) is 5.50. The third-order valence-corrected chi connectivity index (χ3v) is 6.51. The molecule has 2 N–H and O–H groups in total. The van der Waals surface area contributed by atoms with Gasteiger partial charge in [-0.1, -0.05) is 18.2 Å². The zero-order chi connectivity index (χ0) is 17.1. The summed E-state index contributed by atoms with van der Waals surface area (Å²) < 4.78 is 1.38. The molecule has 0 radical (unpaired) electrons. The molecule has 3 heterocycles. The Bertz CT molecular complexity index is 723. The van der Waals surface area contributed by atoms with Gasteiger partial charge < -0.3 is 10.6 Å². The van der Waals surface area contributed by atoms with Crippen LogP contribution in [0, 0.1) is 5.92 Å². The van der Waals surface area contributed by atoms with Crippen LogP contribution >= 0.6 is 11.3 Å². The van der Waals surface area contributed by atoms with Gasteiger partial charge in [0.1, 0.15) is 0 Å². The SMILES string of the molecule is O=C(NCC1CCCN(Cc2csc3ccccc23)C1)C1CCCN1. The number of amides is 1. The van der Waals surface area contributed by atoms with Crippen molar-refractivity contribution in [2.45, 2.75) is 38.3 Å². The number of fused-ring (bicyclic) bond motifs is 1. The number of hydrogen-bond acceptors (Lipinski definition) is 4. The molecule has 2 atom stereocenters. The van der Waals surface area contributed by atoms with Crippen LogP contribution in [-0.2, 0) is 11.3 Å². The molecule has 2 aliphatic heterocycles. The highest BCUT2D eigenvalue weighted by Crippen LogP contribution is 2.28. The van der Waals surface area contributed by atoms with Crippen molar-refractivity contribution in [3.05, 3.63) is 35.2 Å². The lowest BCUT2D eigenvalue weighted by atomic mass is 9.97. The Morgan fingerprint density at radius 2 is 2.20 bits per heavy atom. The van der Waals surface area contributed by atoms with E-state index >= 15 is 0 Å². The summed E-state index contributed by atoms with van der Waals surface area (Å²) in [6, 6.07) is 8.72. The molecule has 0 bridgehead atoms. The van der Waals surface area contributed by atoms with Gasteiger partial charge >= 0.3 is 0 Å². The lowest BCUT2D eigenvalue weighted by Gasteiger charge is -2.33. The third kappa shape index (κ3) is 4.05. The van der Waals surface area contributed by atoms with E-state index in [4.69, 9.17) is 0 Å². The number of nitrogens with zero attached hydrogens (tertiary/aromatic N) is 1. The number of rotatable bonds is 5. The smallest absolute Gasteiger partial charge is 0.237 e. The normalized spacial score (nSPS) is 24.6. The predicted molar refractivity (Wildman–Crippen MR) is 104 cm³/mol. The molecular weight excluding hydrogens is 330 g/mol. The van der Waals surface area contributed by atoms with Crippen molar-refractivity contribution in [2.75, 3.05) is 26.2 Å². The molecular formula is C20H27N3OS. The average molecular weight is 358 g/mol. The van der Waals surface area contributed by atoms with Gasteiger partial charge in [-0.2, -0.15) is 0 Å². The molecule has 2 unspecified atom stereocenters. The van der Waals surface area contributed by atoms with Crippen LogP contribution in [0.2, 0.25) is 0 Å². The lowest BCUT2D eigenvalue weighted by molar-refractivity contribution is -0.123. The minimum absolute atomic E-state index is 0.0388. The zero-order valence-corrected chi connectivity index (χ0v) is 15.5. The highest BCUT2D eigenvalue weighted by molar-refractivity contribution is 7.17. The summed E-state index contributed by atoms with van der Waals surface area (Å²) in [5.74, 6) is 0.766. The van der Waals surface area contributed by atoms with Crippen LogP contribution in [0.1, 0.15) is 31.2 Å². The number of hydrogen-bond donors (Lipinski definition) is 2. The maximum atomic E-state index is 12.2. The highest BCUT2D eigenvalue weighted by atomic mass is 32.1. The number of piperidine rings is 1. The largest absolute Gasteiger partial charge is 0.354 e. The van der Waals surface area contributed by atoms with Gasteiger partial charge in [-0.15, -0.1) is 11.3 Å². The first-order valence-electron chi connectivity index (χ1n) is 9.48. The van der Waals surface area contributed by atoms with E-state index in [0.29, 0.717) is 5.92 Å². The number of carbonyl (C=O) groups excluding carboxylic acids is 1. The summed E-state index contributed by atoms with van der Waals surface area (Å²) in [7, 11) is 0. The number of thiophene rings is 1. The molecule has 1 amide bonds. The van der Waals surface area contributed by atoms with Crippen molar-refractivity contribution >= 4 is 27.3 Å². The van der Waals surface area contributed by atoms with E-state index in [1.807, 2.05) is 11.3 Å². The fourth-order valence-electron chi connectivity index (χ4n) is 4.13. The van der Waals surface area contributed by atoms with Gasteiger partial charge in [0.15, 0.2) is 0 Å². The average Bonchev–Trinajstić information content (AvgIpc) is 3.31. The quantitative estimate of drug-likeness (QED) is 0.865. The van der Waals surface area contributed by atoms with Crippen molar-refractivity contribution in [3.63, 3.8) is 0 Å². The molecule has 4 rings (SSSR count). The van der Waals surface area contributed by atoms with E-state index < -0.39 is 0 Å². The minimum Gasteiger partial charge on any atom is -0.354 e. The number of benzene rings is 1. The van der Waals surface area contributed by atoms with Crippen molar-refractivity contribution in [1.29, 1.82) is 0 Å². The fourth-order valence-corrected chi connectivity index (χ4v) is 5.09. The van der Waals surface area contributed by atoms with Crippen molar-refractivity contribution < 1.29 is 4.79 Å². The molecule has 0 aliphatic carbocycles. The molecule has 4 nitrogen and oxygen atoms in total. The van der Waals surface area contributed by atoms with Crippen molar-refractivity contribution in [2.24, 2.45) is 5.92 Å². The van der Waals surface area contributed by atoms with Gasteiger partial charge in [0, 0.05) is 24.3 Å². The van der Waals surface area contributed by atoms with Crippen LogP contribution < -0.4 is 10.6 Å². The topological polar surface area (TPSA) is 44.4 Å². The molecule has 5 heteroatoms. The van der Waals surface area contributed by atoms with Crippen LogP contribution in [0.15, 0.2) is 29.6 Å². The zero-order valence-electron chi connectivity index (χ0n) is 14.7. The second kappa shape index (κ2) is 7.85. The van der Waals surface area contributed by atoms with Gasteiger partial charge in [-0.3, -0.25) is 9.69 Å². The first-order valence-corrected chi connectivity index (χ1v) is 10.4. The van der Waals surface area contributed by atoms with Gasteiger partial charge in [0.25, 0.3) is 0 Å². The second-order valence-electron chi connectivity index (χ2n) is 7.39. The van der Waals surface area contributed by atoms with Crippen LogP contribution in [-0.4, -0.2) is 43.0 Å². The monoisotopic (exact) mass is 357 g/mol. The molecule has 1 aromatic heterocycles. The Morgan fingerprint density at radius 3 is 3.08 bits per heavy atom. The summed E-state index contributed by atoms with van der Waals surface area (Å²) in [5.41, 5.74) is 1.44. The highest BCUT2D eigenvalue weighted by Gasteiger charge is 2.25. The van der Waals surface area contributed by atoms with E-state index in [9.17, 15) is 4.79 Å². The van der Waals surface area contributed by atoms with E-state index in [0.717, 1.165) is 39.0 Å². The van der Waals surface area contributed by atoms with E-state index in [2.05, 4.69) is 45.2 Å². The summed E-state index contributed by atoms with van der Waals surface area (Å²) in [4.78, 5) is 14.7. The van der Waals surface area contributed by atoms with Crippen LogP contribution in [0.4, 0.5) is 0 Å². The fraction of sp³-hybridized carbons (Fsp3) is 0.550. The Labute approximate surface area is 153 Å². The second-order valence-corrected chi connectivity index (χ2v) is 8.31. The molecule has 2 fully saturated rings. The van der Waals surface area contributed by atoms with Crippen molar-refractivity contribution in [1.82, 2.24) is 15.5 Å². The van der Waals surface area contributed by atoms with E-state index in [-0.39, 0.29) is 11.9 Å². The summed E-state index contributed by atoms with van der Waals surface area (Å²) in [6.07, 6.45) is 4.54. The van der Waals surface area contributed by atoms with Crippen molar-refractivity contribution in [3.8, 4) is 0 Å². The Hall–Kier alpha value is -1.43. The molecule has 0 spiro atoms. The van der Waals surface area contributed by atoms with Gasteiger partial charge in [0.2, 0.25) is 5.91 Å².